The Morgan fingerprint density at radius 2 is 1.87 bits per heavy atom. The molecule has 2 aliphatic rings. The molecule has 2 fully saturated rings. The van der Waals surface area contributed by atoms with Crippen LogP contribution < -0.4 is 0 Å². The van der Waals surface area contributed by atoms with Crippen LogP contribution in [0.15, 0.2) is 0 Å². The largest absolute Gasteiger partial charge is 0.463 e. The number of ether oxygens (including phenoxy) is 4. The molecule has 0 aromatic heterocycles. The van der Waals surface area contributed by atoms with E-state index in [4.69, 9.17) is 18.9 Å². The van der Waals surface area contributed by atoms with E-state index in [9.17, 15) is 30.3 Å². The Bertz CT molecular complexity index is 404. The molecule has 2 rings (SSSR count). The summed E-state index contributed by atoms with van der Waals surface area (Å²) in [5.74, 6) is -0.562. The molecule has 0 aromatic rings. The zero-order valence-corrected chi connectivity index (χ0v) is 12.4. The number of carbonyl (C=O) groups is 1. The molecular weight excluding hydrogens is 316 g/mol. The van der Waals surface area contributed by atoms with Gasteiger partial charge in [0.1, 0.15) is 55.9 Å². The topological polar surface area (TPSA) is 155 Å². The minimum absolute atomic E-state index is 0.255. The van der Waals surface area contributed by atoms with Crippen LogP contribution in [0.3, 0.4) is 0 Å². The molecule has 0 saturated carbocycles. The van der Waals surface area contributed by atoms with Crippen LogP contribution in [0.1, 0.15) is 6.92 Å². The Morgan fingerprint density at radius 1 is 1.17 bits per heavy atom. The average Bonchev–Trinajstić information content (AvgIpc) is 2.50. The van der Waals surface area contributed by atoms with Gasteiger partial charge in [0.15, 0.2) is 6.29 Å². The Morgan fingerprint density at radius 3 is 2.52 bits per heavy atom. The lowest BCUT2D eigenvalue weighted by atomic mass is 9.99. The SMILES string of the molecule is CC(=O)OCC1O[CH]C(O)C(OC2OCC(O)C(O)C2O)C1O. The first-order chi connectivity index (χ1) is 10.8. The monoisotopic (exact) mass is 337 g/mol. The summed E-state index contributed by atoms with van der Waals surface area (Å²) in [6.07, 6.45) is -10.6. The van der Waals surface area contributed by atoms with Crippen LogP contribution in [0.25, 0.3) is 0 Å². The summed E-state index contributed by atoms with van der Waals surface area (Å²) in [7, 11) is 0. The number of aliphatic hydroxyl groups is 5. The predicted molar refractivity (Wildman–Crippen MR) is 70.5 cm³/mol. The van der Waals surface area contributed by atoms with Crippen molar-refractivity contribution >= 4 is 5.97 Å². The van der Waals surface area contributed by atoms with E-state index in [2.05, 4.69) is 0 Å². The first-order valence-corrected chi connectivity index (χ1v) is 7.10. The maximum absolute atomic E-state index is 10.8. The van der Waals surface area contributed by atoms with E-state index in [0.717, 1.165) is 6.61 Å². The molecule has 23 heavy (non-hydrogen) atoms. The fraction of sp³-hybridized carbons (Fsp3) is 0.846. The lowest BCUT2D eigenvalue weighted by Gasteiger charge is -2.41. The smallest absolute Gasteiger partial charge is 0.302 e. The molecule has 2 aliphatic heterocycles. The Labute approximate surface area is 132 Å². The summed E-state index contributed by atoms with van der Waals surface area (Å²) in [6, 6.07) is 0. The van der Waals surface area contributed by atoms with Crippen molar-refractivity contribution in [3.63, 3.8) is 0 Å². The molecule has 0 spiro atoms. The third-order valence-electron chi connectivity index (χ3n) is 3.64. The number of rotatable bonds is 4. The van der Waals surface area contributed by atoms with Crippen molar-refractivity contribution in [1.29, 1.82) is 0 Å². The van der Waals surface area contributed by atoms with Gasteiger partial charge in [-0.05, 0) is 0 Å². The summed E-state index contributed by atoms with van der Waals surface area (Å²) in [5.41, 5.74) is 0. The van der Waals surface area contributed by atoms with Crippen molar-refractivity contribution in [3.05, 3.63) is 6.61 Å². The molecule has 10 nitrogen and oxygen atoms in total. The van der Waals surface area contributed by atoms with Gasteiger partial charge < -0.3 is 44.5 Å². The third kappa shape index (κ3) is 4.37. The summed E-state index contributed by atoms with van der Waals surface area (Å²) in [4.78, 5) is 10.8. The van der Waals surface area contributed by atoms with Crippen molar-refractivity contribution in [1.82, 2.24) is 0 Å². The molecule has 1 radical (unpaired) electrons. The van der Waals surface area contributed by atoms with E-state index in [1.807, 2.05) is 0 Å². The van der Waals surface area contributed by atoms with Crippen LogP contribution in [0.4, 0.5) is 0 Å². The van der Waals surface area contributed by atoms with Gasteiger partial charge >= 0.3 is 5.97 Å². The predicted octanol–water partition coefficient (Wildman–Crippen LogP) is -3.34. The highest BCUT2D eigenvalue weighted by Crippen LogP contribution is 2.26. The molecular formula is C13H21O10. The van der Waals surface area contributed by atoms with Crippen LogP contribution in [0, 0.1) is 6.61 Å². The van der Waals surface area contributed by atoms with Gasteiger partial charge in [0.05, 0.1) is 6.61 Å². The van der Waals surface area contributed by atoms with E-state index in [1.54, 1.807) is 0 Å². The van der Waals surface area contributed by atoms with E-state index in [-0.39, 0.29) is 13.2 Å². The molecule has 0 aliphatic carbocycles. The number of aliphatic hydroxyl groups excluding tert-OH is 5. The molecule has 0 bridgehead atoms. The first kappa shape index (κ1) is 18.5. The maximum atomic E-state index is 10.8. The van der Waals surface area contributed by atoms with Crippen LogP contribution in [-0.2, 0) is 23.7 Å². The quantitative estimate of drug-likeness (QED) is 0.329. The average molecular weight is 337 g/mol. The maximum Gasteiger partial charge on any atom is 0.302 e. The third-order valence-corrected chi connectivity index (χ3v) is 3.64. The second-order valence-electron chi connectivity index (χ2n) is 5.45. The molecule has 2 heterocycles. The van der Waals surface area contributed by atoms with Gasteiger partial charge in [0.2, 0.25) is 0 Å². The molecule has 5 N–H and O–H groups in total. The van der Waals surface area contributed by atoms with Crippen LogP contribution in [-0.4, -0.2) is 93.7 Å². The van der Waals surface area contributed by atoms with E-state index in [1.165, 1.54) is 6.92 Å². The fourth-order valence-electron chi connectivity index (χ4n) is 2.31. The number of esters is 1. The van der Waals surface area contributed by atoms with Crippen molar-refractivity contribution in [3.8, 4) is 0 Å². The minimum atomic E-state index is -1.56. The van der Waals surface area contributed by atoms with Crippen LogP contribution >= 0.6 is 0 Å². The molecule has 0 amide bonds. The normalized spacial score (nSPS) is 44.8. The van der Waals surface area contributed by atoms with Crippen molar-refractivity contribution in [2.45, 2.75) is 55.9 Å². The van der Waals surface area contributed by atoms with Crippen molar-refractivity contribution < 1.29 is 49.3 Å². The lowest BCUT2D eigenvalue weighted by Crippen LogP contribution is -2.59. The van der Waals surface area contributed by atoms with E-state index in [0.29, 0.717) is 0 Å². The second-order valence-corrected chi connectivity index (χ2v) is 5.45. The van der Waals surface area contributed by atoms with Crippen molar-refractivity contribution in [2.24, 2.45) is 0 Å². The minimum Gasteiger partial charge on any atom is -0.463 e. The first-order valence-electron chi connectivity index (χ1n) is 7.10. The van der Waals surface area contributed by atoms with Gasteiger partial charge in [0.25, 0.3) is 0 Å². The molecule has 133 valence electrons. The van der Waals surface area contributed by atoms with Crippen LogP contribution in [0.2, 0.25) is 0 Å². The standard InChI is InChI=1S/C13H21O10/c1-5(14)20-4-8-10(18)12(7(16)3-21-8)23-13-11(19)9(17)6(15)2-22-13/h3,6-13,15-19H,2,4H2,1H3. The zero-order chi connectivity index (χ0) is 17.1. The van der Waals surface area contributed by atoms with Crippen molar-refractivity contribution in [2.75, 3.05) is 13.2 Å². The molecule has 10 heteroatoms. The number of hydrogen-bond acceptors (Lipinski definition) is 10. The Kier molecular flexibility index (Phi) is 6.28. The lowest BCUT2D eigenvalue weighted by molar-refractivity contribution is -0.310. The van der Waals surface area contributed by atoms with Gasteiger partial charge in [-0.2, -0.15) is 0 Å². The molecule has 2 saturated heterocycles. The van der Waals surface area contributed by atoms with E-state index < -0.39 is 55.0 Å². The molecule has 0 aromatic carbocycles. The van der Waals surface area contributed by atoms with Crippen LogP contribution in [0.5, 0.6) is 0 Å². The highest BCUT2D eigenvalue weighted by molar-refractivity contribution is 5.65. The Hall–Kier alpha value is -0.850. The molecule has 8 atom stereocenters. The fourth-order valence-corrected chi connectivity index (χ4v) is 2.31. The van der Waals surface area contributed by atoms with E-state index >= 15 is 0 Å². The molecule has 8 unspecified atom stereocenters. The zero-order valence-electron chi connectivity index (χ0n) is 12.4. The van der Waals surface area contributed by atoms with Gasteiger partial charge in [0, 0.05) is 6.92 Å². The second kappa shape index (κ2) is 7.81. The van der Waals surface area contributed by atoms with Gasteiger partial charge in [-0.1, -0.05) is 0 Å². The summed E-state index contributed by atoms with van der Waals surface area (Å²) < 4.78 is 20.2. The summed E-state index contributed by atoms with van der Waals surface area (Å²) in [6.45, 7) is 1.67. The summed E-state index contributed by atoms with van der Waals surface area (Å²) in [5, 5.41) is 48.8. The van der Waals surface area contributed by atoms with Gasteiger partial charge in [-0.15, -0.1) is 0 Å². The number of carbonyl (C=O) groups excluding carboxylic acids is 1. The van der Waals surface area contributed by atoms with Gasteiger partial charge in [-0.3, -0.25) is 4.79 Å². The Balaban J connectivity index is 1.97. The highest BCUT2D eigenvalue weighted by atomic mass is 16.7. The van der Waals surface area contributed by atoms with Gasteiger partial charge in [-0.25, -0.2) is 0 Å². The highest BCUT2D eigenvalue weighted by Gasteiger charge is 2.45. The summed E-state index contributed by atoms with van der Waals surface area (Å²) >= 11 is 0. The number of hydrogen-bond donors (Lipinski definition) is 5.